The topological polar surface area (TPSA) is 102 Å². The Balaban J connectivity index is 1.68. The minimum absolute atomic E-state index is 0.0705. The van der Waals surface area contributed by atoms with Gasteiger partial charge in [0, 0.05) is 12.1 Å². The van der Waals surface area contributed by atoms with Crippen LogP contribution in [-0.2, 0) is 21.2 Å². The number of nitrogens with one attached hydrogen (secondary N) is 1. The highest BCUT2D eigenvalue weighted by molar-refractivity contribution is 7.90. The molecule has 1 saturated carbocycles. The second-order valence-electron chi connectivity index (χ2n) is 10.1. The minimum Gasteiger partial charge on any atom is -0.361 e. The van der Waals surface area contributed by atoms with Crippen LogP contribution >= 0.6 is 0 Å². The first-order valence-electron chi connectivity index (χ1n) is 12.4. The van der Waals surface area contributed by atoms with E-state index in [0.717, 1.165) is 18.5 Å². The van der Waals surface area contributed by atoms with E-state index >= 15 is 0 Å². The predicted molar refractivity (Wildman–Crippen MR) is 142 cm³/mol. The highest BCUT2D eigenvalue weighted by atomic mass is 32.2. The highest BCUT2D eigenvalue weighted by Gasteiger charge is 2.33. The van der Waals surface area contributed by atoms with Crippen molar-refractivity contribution in [1.29, 1.82) is 0 Å². The molecule has 0 radical (unpaired) electrons. The van der Waals surface area contributed by atoms with Crippen molar-refractivity contribution in [1.82, 2.24) is 24.4 Å². The number of halogens is 1. The molecule has 0 saturated heterocycles. The molecular formula is C27H31FN6O3S. The summed E-state index contributed by atoms with van der Waals surface area (Å²) in [5, 5.41) is 4.14. The van der Waals surface area contributed by atoms with Crippen molar-refractivity contribution < 1.29 is 17.6 Å². The fourth-order valence-electron chi connectivity index (χ4n) is 4.38. The van der Waals surface area contributed by atoms with Crippen molar-refractivity contribution in [3.8, 4) is 11.1 Å². The SMILES string of the molecule is [C-]#[N+]c1cc(-c2cc(F)cc(C(C)C)c2CC(=O)NS(=O)(=O)c2cc(C(C)N(C)C)n(C3CC3)n2)ccn1. The predicted octanol–water partition coefficient (Wildman–Crippen LogP) is 4.76. The fourth-order valence-corrected chi connectivity index (χ4v) is 5.33. The number of benzene rings is 1. The Morgan fingerprint density at radius 2 is 1.95 bits per heavy atom. The van der Waals surface area contributed by atoms with E-state index < -0.39 is 21.7 Å². The van der Waals surface area contributed by atoms with Crippen molar-refractivity contribution in [3.05, 3.63) is 70.6 Å². The molecule has 1 amide bonds. The molecule has 4 rings (SSSR count). The van der Waals surface area contributed by atoms with Gasteiger partial charge in [-0.3, -0.25) is 9.48 Å². The maximum absolute atomic E-state index is 14.6. The molecule has 3 aromatic rings. The third-order valence-corrected chi connectivity index (χ3v) is 7.99. The summed E-state index contributed by atoms with van der Waals surface area (Å²) in [5.41, 5.74) is 2.76. The van der Waals surface area contributed by atoms with Crippen LogP contribution < -0.4 is 4.72 Å². The van der Waals surface area contributed by atoms with E-state index in [0.29, 0.717) is 22.3 Å². The Hall–Kier alpha value is -3.62. The first-order valence-corrected chi connectivity index (χ1v) is 13.9. The summed E-state index contributed by atoms with van der Waals surface area (Å²) in [7, 11) is -0.441. The van der Waals surface area contributed by atoms with Crippen molar-refractivity contribution in [2.24, 2.45) is 0 Å². The molecular weight excluding hydrogens is 507 g/mol. The van der Waals surface area contributed by atoms with Crippen LogP contribution in [0.5, 0.6) is 0 Å². The Morgan fingerprint density at radius 1 is 1.24 bits per heavy atom. The molecule has 200 valence electrons. The number of carbonyl (C=O) groups excluding carboxylic acids is 1. The number of nitrogens with zero attached hydrogens (tertiary/aromatic N) is 5. The van der Waals surface area contributed by atoms with E-state index in [4.69, 9.17) is 6.57 Å². The molecule has 1 fully saturated rings. The molecule has 1 unspecified atom stereocenters. The zero-order valence-electron chi connectivity index (χ0n) is 22.1. The van der Waals surface area contributed by atoms with E-state index in [9.17, 15) is 17.6 Å². The van der Waals surface area contributed by atoms with Crippen LogP contribution in [0.25, 0.3) is 16.0 Å². The Morgan fingerprint density at radius 3 is 2.55 bits per heavy atom. The molecule has 1 aliphatic carbocycles. The molecule has 1 N–H and O–H groups in total. The maximum Gasteiger partial charge on any atom is 0.283 e. The van der Waals surface area contributed by atoms with Gasteiger partial charge in [0.15, 0.2) is 5.03 Å². The summed E-state index contributed by atoms with van der Waals surface area (Å²) in [5.74, 6) is -1.27. The Kier molecular flexibility index (Phi) is 7.67. The lowest BCUT2D eigenvalue weighted by Crippen LogP contribution is -2.32. The molecule has 9 nitrogen and oxygen atoms in total. The van der Waals surface area contributed by atoms with Crippen LogP contribution in [0.3, 0.4) is 0 Å². The summed E-state index contributed by atoms with van der Waals surface area (Å²) in [4.78, 5) is 22.4. The summed E-state index contributed by atoms with van der Waals surface area (Å²) in [6, 6.07) is 7.39. The van der Waals surface area contributed by atoms with Gasteiger partial charge in [-0.15, -0.1) is 4.98 Å². The quantitative estimate of drug-likeness (QED) is 0.394. The second-order valence-corrected chi connectivity index (χ2v) is 11.7. The summed E-state index contributed by atoms with van der Waals surface area (Å²) >= 11 is 0. The Labute approximate surface area is 222 Å². The maximum atomic E-state index is 14.6. The van der Waals surface area contributed by atoms with Gasteiger partial charge in [0.1, 0.15) is 12.0 Å². The lowest BCUT2D eigenvalue weighted by molar-refractivity contribution is -0.118. The third kappa shape index (κ3) is 5.76. The van der Waals surface area contributed by atoms with Crippen LogP contribution in [0.4, 0.5) is 10.2 Å². The molecule has 0 aliphatic heterocycles. The Bertz CT molecular complexity index is 1520. The minimum atomic E-state index is -4.25. The molecule has 1 aromatic carbocycles. The van der Waals surface area contributed by atoms with Crippen molar-refractivity contribution in [2.45, 2.75) is 63.1 Å². The van der Waals surface area contributed by atoms with Crippen LogP contribution in [0, 0.1) is 12.4 Å². The largest absolute Gasteiger partial charge is 0.361 e. The standard InChI is InChI=1S/C27H31FN6O3S/c1-16(2)21-12-19(28)13-22(18-9-10-30-25(11-18)29-4)23(21)14-26(35)32-38(36,37)27-15-24(17(3)33(5)6)34(31-27)20-7-8-20/h9-13,15-17,20H,7-8,14H2,1-3,5-6H3,(H,32,35). The number of carbonyl (C=O) groups is 1. The normalized spacial score (nSPS) is 14.5. The van der Waals surface area contributed by atoms with E-state index in [1.54, 1.807) is 10.7 Å². The third-order valence-electron chi connectivity index (χ3n) is 6.74. The second kappa shape index (κ2) is 10.6. The van der Waals surface area contributed by atoms with Crippen molar-refractivity contribution in [3.63, 3.8) is 0 Å². The van der Waals surface area contributed by atoms with Gasteiger partial charge in [-0.05, 0) is 86.3 Å². The summed E-state index contributed by atoms with van der Waals surface area (Å²) in [6.45, 7) is 12.9. The lowest BCUT2D eigenvalue weighted by Gasteiger charge is -2.20. The molecule has 0 spiro atoms. The number of hydrogen-bond acceptors (Lipinski definition) is 6. The number of sulfonamides is 1. The summed E-state index contributed by atoms with van der Waals surface area (Å²) < 4.78 is 45.0. The average Bonchev–Trinajstić information content (AvgIpc) is 3.60. The number of pyridine rings is 1. The summed E-state index contributed by atoms with van der Waals surface area (Å²) in [6.07, 6.45) is 2.99. The van der Waals surface area contributed by atoms with Crippen LogP contribution in [0.2, 0.25) is 0 Å². The zero-order chi connectivity index (χ0) is 27.8. The first-order chi connectivity index (χ1) is 17.9. The molecule has 0 bridgehead atoms. The van der Waals surface area contributed by atoms with Gasteiger partial charge in [-0.25, -0.2) is 9.11 Å². The van der Waals surface area contributed by atoms with Gasteiger partial charge in [-0.2, -0.15) is 13.5 Å². The first kappa shape index (κ1) is 27.4. The van der Waals surface area contributed by atoms with Crippen molar-refractivity contribution in [2.75, 3.05) is 14.1 Å². The van der Waals surface area contributed by atoms with Gasteiger partial charge in [0.25, 0.3) is 15.8 Å². The number of aromatic nitrogens is 3. The molecule has 11 heteroatoms. The van der Waals surface area contributed by atoms with Gasteiger partial charge in [0.2, 0.25) is 5.91 Å². The monoisotopic (exact) mass is 538 g/mol. The molecule has 2 aromatic heterocycles. The van der Waals surface area contributed by atoms with Gasteiger partial charge in [-0.1, -0.05) is 20.4 Å². The number of rotatable bonds is 9. The van der Waals surface area contributed by atoms with E-state index in [1.807, 2.05) is 39.8 Å². The molecule has 1 aliphatic rings. The fraction of sp³-hybridized carbons (Fsp3) is 0.407. The van der Waals surface area contributed by atoms with Crippen molar-refractivity contribution >= 4 is 21.7 Å². The van der Waals surface area contributed by atoms with Crippen LogP contribution in [0.1, 0.15) is 68.4 Å². The number of amides is 1. The van der Waals surface area contributed by atoms with E-state index in [1.165, 1.54) is 30.5 Å². The molecule has 2 heterocycles. The van der Waals surface area contributed by atoms with Gasteiger partial charge in [0.05, 0.1) is 18.2 Å². The smallest absolute Gasteiger partial charge is 0.283 e. The van der Waals surface area contributed by atoms with Crippen LogP contribution in [0.15, 0.2) is 41.6 Å². The average molecular weight is 539 g/mol. The molecule has 38 heavy (non-hydrogen) atoms. The number of hydrogen-bond donors (Lipinski definition) is 1. The highest BCUT2D eigenvalue weighted by Crippen LogP contribution is 2.38. The van der Waals surface area contributed by atoms with Crippen LogP contribution in [-0.4, -0.2) is 48.1 Å². The van der Waals surface area contributed by atoms with E-state index in [2.05, 4.69) is 19.6 Å². The zero-order valence-corrected chi connectivity index (χ0v) is 22.9. The van der Waals surface area contributed by atoms with Gasteiger partial charge >= 0.3 is 0 Å². The van der Waals surface area contributed by atoms with Gasteiger partial charge < -0.3 is 9.74 Å². The lowest BCUT2D eigenvalue weighted by atomic mass is 9.88. The van der Waals surface area contributed by atoms with E-state index in [-0.39, 0.29) is 35.3 Å². The molecule has 1 atom stereocenters.